The molecule has 5 nitrogen and oxygen atoms in total. The molecule has 1 fully saturated rings. The Balaban J connectivity index is 1.85. The summed E-state index contributed by atoms with van der Waals surface area (Å²) in [5, 5.41) is 13.3. The lowest BCUT2D eigenvalue weighted by molar-refractivity contribution is 0.0251. The summed E-state index contributed by atoms with van der Waals surface area (Å²) in [4.78, 5) is 14.3. The molecule has 1 saturated heterocycles. The van der Waals surface area contributed by atoms with Crippen molar-refractivity contribution in [1.82, 2.24) is 4.90 Å². The molecule has 2 atom stereocenters. The summed E-state index contributed by atoms with van der Waals surface area (Å²) in [6.07, 6.45) is 0.367. The Bertz CT molecular complexity index is 881. The molecule has 2 aromatic rings. The fraction of sp³-hybridized carbons (Fsp3) is 0.536. The Hall–Kier alpha value is -2.15. The van der Waals surface area contributed by atoms with Crippen LogP contribution < -0.4 is 10.4 Å². The zero-order chi connectivity index (χ0) is 25.0. The van der Waals surface area contributed by atoms with Gasteiger partial charge in [-0.2, -0.15) is 0 Å². The van der Waals surface area contributed by atoms with E-state index in [0.717, 1.165) is 0 Å². The molecule has 1 N–H and O–H groups in total. The van der Waals surface area contributed by atoms with Gasteiger partial charge >= 0.3 is 6.09 Å². The SMILES string of the molecule is CC(C)(C)OC(=O)N1CCC(O)C(CO[Si](c2ccccc2)(c2ccccc2)C(C)(C)C)CC1. The van der Waals surface area contributed by atoms with Crippen LogP contribution in [0.25, 0.3) is 0 Å². The van der Waals surface area contributed by atoms with Crippen molar-refractivity contribution in [3.63, 3.8) is 0 Å². The molecule has 0 saturated carbocycles. The Morgan fingerprint density at radius 2 is 1.41 bits per heavy atom. The maximum absolute atomic E-state index is 12.6. The molecule has 0 bridgehead atoms. The van der Waals surface area contributed by atoms with Crippen LogP contribution in [0.3, 0.4) is 0 Å². The van der Waals surface area contributed by atoms with E-state index >= 15 is 0 Å². The van der Waals surface area contributed by atoms with Gasteiger partial charge < -0.3 is 19.2 Å². The number of amides is 1. The van der Waals surface area contributed by atoms with Crippen LogP contribution in [-0.2, 0) is 9.16 Å². The largest absolute Gasteiger partial charge is 0.444 e. The lowest BCUT2D eigenvalue weighted by atomic mass is 9.99. The third-order valence-corrected chi connectivity index (χ3v) is 11.6. The van der Waals surface area contributed by atoms with Crippen molar-refractivity contribution in [2.45, 2.75) is 71.1 Å². The van der Waals surface area contributed by atoms with E-state index in [9.17, 15) is 9.90 Å². The zero-order valence-electron chi connectivity index (χ0n) is 21.6. The minimum Gasteiger partial charge on any atom is -0.444 e. The molecule has 1 heterocycles. The summed E-state index contributed by atoms with van der Waals surface area (Å²) in [7, 11) is -2.67. The number of ether oxygens (including phenoxy) is 1. The van der Waals surface area contributed by atoms with Gasteiger partial charge in [-0.05, 0) is 49.0 Å². The van der Waals surface area contributed by atoms with Crippen LogP contribution in [0.4, 0.5) is 4.79 Å². The predicted molar refractivity (Wildman–Crippen MR) is 140 cm³/mol. The maximum atomic E-state index is 12.6. The minimum absolute atomic E-state index is 0.0471. The van der Waals surface area contributed by atoms with Gasteiger partial charge in [-0.25, -0.2) is 4.79 Å². The zero-order valence-corrected chi connectivity index (χ0v) is 22.6. The van der Waals surface area contributed by atoms with Crippen LogP contribution in [0.5, 0.6) is 0 Å². The van der Waals surface area contributed by atoms with E-state index in [-0.39, 0.29) is 17.0 Å². The van der Waals surface area contributed by atoms with Gasteiger partial charge in [0.1, 0.15) is 5.60 Å². The van der Waals surface area contributed by atoms with Gasteiger partial charge in [-0.3, -0.25) is 0 Å². The van der Waals surface area contributed by atoms with E-state index < -0.39 is 20.0 Å². The van der Waals surface area contributed by atoms with Crippen LogP contribution in [-0.4, -0.2) is 55.8 Å². The topological polar surface area (TPSA) is 59.0 Å². The molecule has 0 aliphatic carbocycles. The number of aliphatic hydroxyl groups excluding tert-OH is 1. The molecule has 3 rings (SSSR count). The molecule has 1 amide bonds. The van der Waals surface area contributed by atoms with Crippen molar-refractivity contribution < 1.29 is 19.1 Å². The van der Waals surface area contributed by atoms with E-state index in [1.165, 1.54) is 10.4 Å². The van der Waals surface area contributed by atoms with Crippen molar-refractivity contribution >= 4 is 24.8 Å². The number of aliphatic hydroxyl groups is 1. The van der Waals surface area contributed by atoms with Gasteiger partial charge in [-0.15, -0.1) is 0 Å². The smallest absolute Gasteiger partial charge is 0.410 e. The number of hydrogen-bond donors (Lipinski definition) is 1. The van der Waals surface area contributed by atoms with Gasteiger partial charge in [-0.1, -0.05) is 81.4 Å². The number of carbonyl (C=O) groups excluding carboxylic acids is 1. The molecule has 1 aliphatic heterocycles. The van der Waals surface area contributed by atoms with E-state index in [2.05, 4.69) is 69.3 Å². The maximum Gasteiger partial charge on any atom is 0.410 e. The van der Waals surface area contributed by atoms with Gasteiger partial charge in [0.15, 0.2) is 0 Å². The third kappa shape index (κ3) is 6.09. The van der Waals surface area contributed by atoms with Gasteiger partial charge in [0.25, 0.3) is 8.32 Å². The van der Waals surface area contributed by atoms with Crippen LogP contribution in [0.1, 0.15) is 54.4 Å². The van der Waals surface area contributed by atoms with Gasteiger partial charge in [0.2, 0.25) is 0 Å². The standard InChI is InChI=1S/C28H41NO4Si/c1-27(2,3)33-26(31)29-19-17-22(25(30)18-20-29)21-32-34(28(4,5)6,23-13-9-7-10-14-23)24-15-11-8-12-16-24/h7-16,22,25,30H,17-21H2,1-6H3. The minimum atomic E-state index is -2.67. The lowest BCUT2D eigenvalue weighted by Gasteiger charge is -2.44. The van der Waals surface area contributed by atoms with E-state index in [1.807, 2.05) is 32.9 Å². The van der Waals surface area contributed by atoms with Crippen LogP contribution >= 0.6 is 0 Å². The highest BCUT2D eigenvalue weighted by Crippen LogP contribution is 2.37. The second-order valence-corrected chi connectivity index (χ2v) is 15.7. The van der Waals surface area contributed by atoms with Crippen molar-refractivity contribution in [2.75, 3.05) is 19.7 Å². The highest BCUT2D eigenvalue weighted by Gasteiger charge is 2.50. The molecule has 0 aromatic heterocycles. The first kappa shape index (κ1) is 26.5. The highest BCUT2D eigenvalue weighted by atomic mass is 28.4. The normalized spacial score (nSPS) is 20.0. The van der Waals surface area contributed by atoms with Crippen LogP contribution in [0.2, 0.25) is 5.04 Å². The highest BCUT2D eigenvalue weighted by molar-refractivity contribution is 6.99. The fourth-order valence-electron chi connectivity index (χ4n) is 4.85. The summed E-state index contributed by atoms with van der Waals surface area (Å²) in [5.41, 5.74) is -0.534. The second-order valence-electron chi connectivity index (χ2n) is 11.3. The first-order valence-electron chi connectivity index (χ1n) is 12.3. The molecule has 2 unspecified atom stereocenters. The van der Waals surface area contributed by atoms with Crippen molar-refractivity contribution in [1.29, 1.82) is 0 Å². The Kier molecular flexibility index (Phi) is 8.27. The summed E-state index contributed by atoms with van der Waals surface area (Å²) >= 11 is 0. The molecule has 34 heavy (non-hydrogen) atoms. The molecular formula is C28H41NO4Si. The van der Waals surface area contributed by atoms with E-state index in [1.54, 1.807) is 4.90 Å². The average molecular weight is 484 g/mol. The van der Waals surface area contributed by atoms with E-state index in [0.29, 0.717) is 32.5 Å². The lowest BCUT2D eigenvalue weighted by Crippen LogP contribution is -2.67. The molecule has 186 valence electrons. The number of nitrogens with zero attached hydrogens (tertiary/aromatic N) is 1. The number of likely N-dealkylation sites (tertiary alicyclic amines) is 1. The van der Waals surface area contributed by atoms with Crippen LogP contribution in [0, 0.1) is 5.92 Å². The molecule has 0 radical (unpaired) electrons. The monoisotopic (exact) mass is 483 g/mol. The van der Waals surface area contributed by atoms with Crippen molar-refractivity contribution in [3.8, 4) is 0 Å². The van der Waals surface area contributed by atoms with Gasteiger partial charge in [0.05, 0.1) is 6.10 Å². The number of rotatable bonds is 5. The molecule has 1 aliphatic rings. The third-order valence-electron chi connectivity index (χ3n) is 6.59. The number of carbonyl (C=O) groups is 1. The molecule has 6 heteroatoms. The summed E-state index contributed by atoms with van der Waals surface area (Å²) in [5.74, 6) is -0.0471. The first-order valence-corrected chi connectivity index (χ1v) is 14.3. The van der Waals surface area contributed by atoms with Crippen molar-refractivity contribution in [2.24, 2.45) is 5.92 Å². The van der Waals surface area contributed by atoms with Crippen molar-refractivity contribution in [3.05, 3.63) is 60.7 Å². The quantitative estimate of drug-likeness (QED) is 0.633. The van der Waals surface area contributed by atoms with E-state index in [4.69, 9.17) is 9.16 Å². The second kappa shape index (κ2) is 10.6. The number of hydrogen-bond acceptors (Lipinski definition) is 4. The first-order chi connectivity index (χ1) is 15.9. The Morgan fingerprint density at radius 3 is 1.88 bits per heavy atom. The summed E-state index contributed by atoms with van der Waals surface area (Å²) in [6, 6.07) is 21.1. The number of benzene rings is 2. The summed E-state index contributed by atoms with van der Waals surface area (Å²) in [6.45, 7) is 13.9. The summed E-state index contributed by atoms with van der Waals surface area (Å²) < 4.78 is 12.6. The van der Waals surface area contributed by atoms with Gasteiger partial charge in [0, 0.05) is 25.6 Å². The van der Waals surface area contributed by atoms with Crippen LogP contribution in [0.15, 0.2) is 60.7 Å². The fourth-order valence-corrected chi connectivity index (χ4v) is 9.47. The molecule has 0 spiro atoms. The predicted octanol–water partition coefficient (Wildman–Crippen LogP) is 4.57. The Morgan fingerprint density at radius 1 is 0.912 bits per heavy atom. The molecular weight excluding hydrogens is 442 g/mol. The average Bonchev–Trinajstić information content (AvgIpc) is 2.95. The molecule has 2 aromatic carbocycles. The Labute approximate surface area is 206 Å².